The van der Waals surface area contributed by atoms with Gasteiger partial charge < -0.3 is 14.6 Å². The lowest BCUT2D eigenvalue weighted by Gasteiger charge is -2.32. The monoisotopic (exact) mass is 772 g/mol. The van der Waals surface area contributed by atoms with Crippen LogP contribution in [0.5, 0.6) is 5.75 Å². The number of para-hydroxylation sites is 1. The third-order valence-electron chi connectivity index (χ3n) is 11.4. The molecule has 0 atom stereocenters. The molecule has 6 nitrogen and oxygen atoms in total. The van der Waals surface area contributed by atoms with Crippen molar-refractivity contribution in [3.05, 3.63) is 29.8 Å². The van der Waals surface area contributed by atoms with Crippen LogP contribution in [0.1, 0.15) is 243 Å². The number of hydrogen-bond donors (Lipinski definition) is 1. The molecule has 0 spiro atoms. The number of rotatable bonds is 41. The Morgan fingerprint density at radius 2 is 0.945 bits per heavy atom. The standard InChI is InChI=1S/C49H89NO5/c1-4-6-8-10-12-14-16-18-20-22-24-27-31-37-46(38-32-28-25-23-21-19-17-15-13-11-9-7-5-2)50(42-43-51)41-35-29-26-30-36-44-54-49(53)47-39-33-34-40-48(47)55-45(3)52/h33-34,39-40,46,51H,4-32,35-38,41-44H2,1-3H3. The predicted octanol–water partition coefficient (Wildman–Crippen LogP) is 14.3. The van der Waals surface area contributed by atoms with E-state index in [0.717, 1.165) is 45.2 Å². The molecule has 0 bridgehead atoms. The van der Waals surface area contributed by atoms with E-state index in [0.29, 0.717) is 12.6 Å². The van der Waals surface area contributed by atoms with Crippen molar-refractivity contribution in [2.24, 2.45) is 0 Å². The zero-order valence-corrected chi connectivity index (χ0v) is 36.6. The molecule has 6 heteroatoms. The summed E-state index contributed by atoms with van der Waals surface area (Å²) >= 11 is 0. The Morgan fingerprint density at radius 3 is 1.38 bits per heavy atom. The fourth-order valence-corrected chi connectivity index (χ4v) is 7.98. The van der Waals surface area contributed by atoms with Crippen LogP contribution >= 0.6 is 0 Å². The highest BCUT2D eigenvalue weighted by Gasteiger charge is 2.18. The molecule has 0 aromatic heterocycles. The van der Waals surface area contributed by atoms with Gasteiger partial charge in [-0.1, -0.05) is 212 Å². The SMILES string of the molecule is CCCCCCCCCCCCCCCC(CCCCCCCCCCCCCCC)N(CCO)CCCCCCCOC(=O)c1ccccc1OC(C)=O. The number of nitrogens with zero attached hydrogens (tertiary/aromatic N) is 1. The smallest absolute Gasteiger partial charge is 0.341 e. The summed E-state index contributed by atoms with van der Waals surface area (Å²) in [5.74, 6) is -0.660. The maximum absolute atomic E-state index is 12.6. The van der Waals surface area contributed by atoms with Gasteiger partial charge in [0.15, 0.2) is 0 Å². The van der Waals surface area contributed by atoms with E-state index in [2.05, 4.69) is 18.7 Å². The molecule has 1 N–H and O–H groups in total. The molecule has 55 heavy (non-hydrogen) atoms. The van der Waals surface area contributed by atoms with Crippen LogP contribution in [0.3, 0.4) is 0 Å². The Bertz CT molecular complexity index is 969. The average Bonchev–Trinajstić information content (AvgIpc) is 3.18. The van der Waals surface area contributed by atoms with E-state index in [9.17, 15) is 14.7 Å². The fraction of sp³-hybridized carbons (Fsp3) is 0.837. The van der Waals surface area contributed by atoms with Gasteiger partial charge in [-0.2, -0.15) is 0 Å². The molecule has 0 heterocycles. The fourth-order valence-electron chi connectivity index (χ4n) is 7.98. The Balaban J connectivity index is 2.39. The van der Waals surface area contributed by atoms with Gasteiger partial charge in [0.05, 0.1) is 13.2 Å². The first-order valence-electron chi connectivity index (χ1n) is 23.8. The molecular formula is C49H89NO5. The van der Waals surface area contributed by atoms with Crippen molar-refractivity contribution in [3.8, 4) is 5.75 Å². The third-order valence-corrected chi connectivity index (χ3v) is 11.4. The normalized spacial score (nSPS) is 11.5. The van der Waals surface area contributed by atoms with Crippen LogP contribution in [0.15, 0.2) is 24.3 Å². The van der Waals surface area contributed by atoms with Crippen molar-refractivity contribution in [3.63, 3.8) is 0 Å². The maximum Gasteiger partial charge on any atom is 0.341 e. The van der Waals surface area contributed by atoms with Gasteiger partial charge in [-0.05, 0) is 44.4 Å². The largest absolute Gasteiger partial charge is 0.462 e. The molecule has 1 aromatic carbocycles. The Labute approximate surface area is 340 Å². The summed E-state index contributed by atoms with van der Waals surface area (Å²) in [6, 6.07) is 7.30. The van der Waals surface area contributed by atoms with Gasteiger partial charge in [0.2, 0.25) is 0 Å². The van der Waals surface area contributed by atoms with Gasteiger partial charge in [-0.25, -0.2) is 4.79 Å². The number of aliphatic hydroxyl groups is 1. The molecule has 0 aliphatic rings. The van der Waals surface area contributed by atoms with E-state index in [4.69, 9.17) is 9.47 Å². The van der Waals surface area contributed by atoms with E-state index in [1.807, 2.05) is 0 Å². The Morgan fingerprint density at radius 1 is 0.545 bits per heavy atom. The first-order valence-corrected chi connectivity index (χ1v) is 23.8. The van der Waals surface area contributed by atoms with Crippen molar-refractivity contribution >= 4 is 11.9 Å². The summed E-state index contributed by atoms with van der Waals surface area (Å²) < 4.78 is 10.6. The Hall–Kier alpha value is -1.92. The second kappa shape index (κ2) is 38.9. The summed E-state index contributed by atoms with van der Waals surface area (Å²) in [6.45, 7) is 8.36. The van der Waals surface area contributed by atoms with Crippen molar-refractivity contribution in [2.45, 2.75) is 239 Å². The Kier molecular flexibility index (Phi) is 36.2. The average molecular weight is 772 g/mol. The van der Waals surface area contributed by atoms with Gasteiger partial charge in [0, 0.05) is 19.5 Å². The second-order valence-corrected chi connectivity index (χ2v) is 16.5. The predicted molar refractivity (Wildman–Crippen MR) is 234 cm³/mol. The summed E-state index contributed by atoms with van der Waals surface area (Å²) in [7, 11) is 0. The minimum atomic E-state index is -0.455. The topological polar surface area (TPSA) is 76.1 Å². The van der Waals surface area contributed by atoms with E-state index in [1.54, 1.807) is 24.3 Å². The van der Waals surface area contributed by atoms with Crippen LogP contribution in [0.25, 0.3) is 0 Å². The summed E-state index contributed by atoms with van der Waals surface area (Å²) in [5, 5.41) is 10.0. The molecular weight excluding hydrogens is 683 g/mol. The number of unbranched alkanes of at least 4 members (excludes halogenated alkanes) is 28. The highest BCUT2D eigenvalue weighted by Crippen LogP contribution is 2.22. The molecule has 1 rings (SSSR count). The molecule has 0 fully saturated rings. The van der Waals surface area contributed by atoms with Crippen LogP contribution < -0.4 is 4.74 Å². The van der Waals surface area contributed by atoms with E-state index < -0.39 is 11.9 Å². The molecule has 0 radical (unpaired) electrons. The van der Waals surface area contributed by atoms with Crippen molar-refractivity contribution in [1.82, 2.24) is 4.90 Å². The first kappa shape index (κ1) is 51.1. The summed E-state index contributed by atoms with van der Waals surface area (Å²) in [4.78, 5) is 26.6. The van der Waals surface area contributed by atoms with E-state index in [-0.39, 0.29) is 17.9 Å². The lowest BCUT2D eigenvalue weighted by atomic mass is 9.97. The van der Waals surface area contributed by atoms with Crippen LogP contribution in [0.2, 0.25) is 0 Å². The van der Waals surface area contributed by atoms with Gasteiger partial charge in [-0.3, -0.25) is 9.69 Å². The van der Waals surface area contributed by atoms with Gasteiger partial charge in [-0.15, -0.1) is 0 Å². The van der Waals surface area contributed by atoms with Crippen molar-refractivity contribution in [2.75, 3.05) is 26.3 Å². The number of carbonyl (C=O) groups excluding carboxylic acids is 2. The molecule has 320 valence electrons. The number of benzene rings is 1. The molecule has 0 saturated heterocycles. The van der Waals surface area contributed by atoms with Gasteiger partial charge >= 0.3 is 11.9 Å². The highest BCUT2D eigenvalue weighted by molar-refractivity contribution is 5.93. The third kappa shape index (κ3) is 30.8. The minimum Gasteiger partial charge on any atom is -0.462 e. The summed E-state index contributed by atoms with van der Waals surface area (Å²) in [6.07, 6.45) is 44.0. The van der Waals surface area contributed by atoms with Crippen LogP contribution in [-0.4, -0.2) is 54.3 Å². The van der Waals surface area contributed by atoms with E-state index in [1.165, 1.54) is 187 Å². The van der Waals surface area contributed by atoms with Crippen LogP contribution in [0, 0.1) is 0 Å². The number of hydrogen-bond acceptors (Lipinski definition) is 6. The van der Waals surface area contributed by atoms with Gasteiger partial charge in [0.25, 0.3) is 0 Å². The van der Waals surface area contributed by atoms with Crippen LogP contribution in [0.4, 0.5) is 0 Å². The maximum atomic E-state index is 12.6. The molecule has 1 aromatic rings. The number of aliphatic hydroxyl groups excluding tert-OH is 1. The van der Waals surface area contributed by atoms with E-state index >= 15 is 0 Å². The van der Waals surface area contributed by atoms with Gasteiger partial charge in [0.1, 0.15) is 11.3 Å². The molecule has 0 saturated carbocycles. The highest BCUT2D eigenvalue weighted by atomic mass is 16.5. The van der Waals surface area contributed by atoms with Crippen LogP contribution in [-0.2, 0) is 9.53 Å². The quantitative estimate of drug-likeness (QED) is 0.0406. The van der Waals surface area contributed by atoms with Crippen molar-refractivity contribution in [1.29, 1.82) is 0 Å². The first-order chi connectivity index (χ1) is 27.0. The minimum absolute atomic E-state index is 0.236. The summed E-state index contributed by atoms with van der Waals surface area (Å²) in [5.41, 5.74) is 0.286. The number of carbonyl (C=O) groups is 2. The molecule has 0 aliphatic carbocycles. The van der Waals surface area contributed by atoms with Crippen molar-refractivity contribution < 1.29 is 24.2 Å². The zero-order chi connectivity index (χ0) is 39.9. The number of esters is 2. The lowest BCUT2D eigenvalue weighted by molar-refractivity contribution is -0.131. The molecule has 0 unspecified atom stereocenters. The lowest BCUT2D eigenvalue weighted by Crippen LogP contribution is -2.38. The molecule has 0 amide bonds. The zero-order valence-electron chi connectivity index (χ0n) is 36.6. The second-order valence-electron chi connectivity index (χ2n) is 16.5. The number of ether oxygens (including phenoxy) is 2. The molecule has 0 aliphatic heterocycles.